The normalized spacial score (nSPS) is 12.9. The lowest BCUT2D eigenvalue weighted by atomic mass is 9.98. The molecule has 0 fully saturated rings. The van der Waals surface area contributed by atoms with Crippen molar-refractivity contribution in [3.8, 4) is 11.1 Å². The lowest BCUT2D eigenvalue weighted by Crippen LogP contribution is -2.36. The summed E-state index contributed by atoms with van der Waals surface area (Å²) in [5.74, 6) is -1.42. The first-order valence-corrected chi connectivity index (χ1v) is 11.6. The maximum Gasteiger partial charge on any atom is 0.407 e. The third-order valence-corrected chi connectivity index (χ3v) is 6.35. The first-order valence-electron chi connectivity index (χ1n) is 10.8. The third-order valence-electron chi connectivity index (χ3n) is 5.69. The van der Waals surface area contributed by atoms with Crippen molar-refractivity contribution in [1.82, 2.24) is 5.32 Å². The smallest absolute Gasteiger partial charge is 0.407 e. The van der Waals surface area contributed by atoms with E-state index in [-0.39, 0.29) is 30.4 Å². The number of rotatable bonds is 7. The van der Waals surface area contributed by atoms with Gasteiger partial charge in [-0.2, -0.15) is 0 Å². The van der Waals surface area contributed by atoms with E-state index in [2.05, 4.69) is 50.8 Å². The number of anilines is 1. The van der Waals surface area contributed by atoms with Gasteiger partial charge in [-0.05, 0) is 63.3 Å². The van der Waals surface area contributed by atoms with E-state index >= 15 is 0 Å². The van der Waals surface area contributed by atoms with Gasteiger partial charge >= 0.3 is 12.1 Å². The molecule has 1 aliphatic carbocycles. The fourth-order valence-corrected chi connectivity index (χ4v) is 4.60. The number of nitrogens with one attached hydrogen (secondary N) is 2. The fourth-order valence-electron chi connectivity index (χ4n) is 4.12. The fraction of sp³-hybridized carbons (Fsp3) is 0.192. The van der Waals surface area contributed by atoms with Crippen LogP contribution in [-0.2, 0) is 9.53 Å². The van der Waals surface area contributed by atoms with E-state index in [1.807, 2.05) is 24.3 Å². The minimum atomic E-state index is -1.06. The molecule has 0 bridgehead atoms. The summed E-state index contributed by atoms with van der Waals surface area (Å²) >= 11 is 3.26. The summed E-state index contributed by atoms with van der Waals surface area (Å²) in [4.78, 5) is 35.8. The van der Waals surface area contributed by atoms with E-state index in [0.717, 1.165) is 22.3 Å². The van der Waals surface area contributed by atoms with E-state index in [1.165, 1.54) is 18.2 Å². The maximum atomic E-state index is 12.4. The second-order valence-electron chi connectivity index (χ2n) is 8.12. The predicted octanol–water partition coefficient (Wildman–Crippen LogP) is 5.40. The molecule has 0 aliphatic heterocycles. The monoisotopic (exact) mass is 522 g/mol. The quantitative estimate of drug-likeness (QED) is 0.385. The van der Waals surface area contributed by atoms with Gasteiger partial charge in [-0.3, -0.25) is 4.79 Å². The van der Waals surface area contributed by atoms with E-state index in [0.29, 0.717) is 10.2 Å². The highest BCUT2D eigenvalue weighted by Gasteiger charge is 2.29. The van der Waals surface area contributed by atoms with Crippen molar-refractivity contribution in [2.45, 2.75) is 25.3 Å². The van der Waals surface area contributed by atoms with Crippen LogP contribution in [0.5, 0.6) is 0 Å². The second kappa shape index (κ2) is 10.1. The predicted molar refractivity (Wildman–Crippen MR) is 132 cm³/mol. The van der Waals surface area contributed by atoms with Gasteiger partial charge < -0.3 is 20.5 Å². The average Bonchev–Trinajstić information content (AvgIpc) is 3.12. The number of carbonyl (C=O) groups excluding carboxylic acids is 2. The summed E-state index contributed by atoms with van der Waals surface area (Å²) in [6.07, 6.45) is -0.564. The van der Waals surface area contributed by atoms with Gasteiger partial charge in [0.2, 0.25) is 5.91 Å². The Morgan fingerprint density at radius 3 is 2.21 bits per heavy atom. The summed E-state index contributed by atoms with van der Waals surface area (Å²) in [7, 11) is 0. The number of aromatic carboxylic acids is 1. The molecule has 34 heavy (non-hydrogen) atoms. The van der Waals surface area contributed by atoms with Crippen LogP contribution >= 0.6 is 15.9 Å². The summed E-state index contributed by atoms with van der Waals surface area (Å²) in [5.41, 5.74) is 5.12. The third kappa shape index (κ3) is 5.12. The van der Waals surface area contributed by atoms with E-state index < -0.39 is 18.1 Å². The van der Waals surface area contributed by atoms with E-state index in [1.54, 1.807) is 6.92 Å². The summed E-state index contributed by atoms with van der Waals surface area (Å²) in [6.45, 7) is 1.91. The van der Waals surface area contributed by atoms with Gasteiger partial charge in [-0.1, -0.05) is 48.5 Å². The highest BCUT2D eigenvalue weighted by molar-refractivity contribution is 9.10. The number of hydrogen-bond donors (Lipinski definition) is 3. The van der Waals surface area contributed by atoms with Crippen LogP contribution in [0.15, 0.2) is 71.2 Å². The van der Waals surface area contributed by atoms with Gasteiger partial charge in [0, 0.05) is 22.9 Å². The number of fused-ring (bicyclic) bond motifs is 3. The molecule has 3 aromatic rings. The first kappa shape index (κ1) is 23.5. The molecular weight excluding hydrogens is 500 g/mol. The van der Waals surface area contributed by atoms with Crippen molar-refractivity contribution in [2.75, 3.05) is 11.9 Å². The summed E-state index contributed by atoms with van der Waals surface area (Å²) in [6, 6.07) is 20.1. The van der Waals surface area contributed by atoms with Gasteiger partial charge in [0.25, 0.3) is 0 Å². The van der Waals surface area contributed by atoms with Crippen molar-refractivity contribution >= 4 is 39.6 Å². The number of halogens is 1. The first-order chi connectivity index (χ1) is 16.3. The van der Waals surface area contributed by atoms with Crippen molar-refractivity contribution in [1.29, 1.82) is 0 Å². The molecule has 0 spiro atoms. The van der Waals surface area contributed by atoms with Crippen LogP contribution in [0.2, 0.25) is 0 Å². The summed E-state index contributed by atoms with van der Waals surface area (Å²) in [5, 5.41) is 14.4. The minimum Gasteiger partial charge on any atom is -0.478 e. The van der Waals surface area contributed by atoms with Gasteiger partial charge in [0.05, 0.1) is 11.3 Å². The zero-order chi connectivity index (χ0) is 24.2. The van der Waals surface area contributed by atoms with E-state index in [4.69, 9.17) is 9.84 Å². The van der Waals surface area contributed by atoms with Crippen LogP contribution in [0.3, 0.4) is 0 Å². The number of carboxylic acids is 1. The summed E-state index contributed by atoms with van der Waals surface area (Å²) < 4.78 is 5.98. The SMILES string of the molecule is C[C@@H](CC(=O)Nc1ccc(C(=O)O)cc1Br)NC(=O)OCC1c2ccccc2-c2ccccc21. The van der Waals surface area contributed by atoms with Gasteiger partial charge in [0.1, 0.15) is 6.61 Å². The maximum absolute atomic E-state index is 12.4. The standard InChI is InChI=1S/C26H23BrN2O5/c1-15(12-24(30)29-23-11-10-16(25(31)32)13-22(23)27)28-26(33)34-14-21-19-8-4-2-6-17(19)18-7-3-5-9-20(18)21/h2-11,13,15,21H,12,14H2,1H3,(H,28,33)(H,29,30)(H,31,32)/t15-/m0/s1. The Kier molecular flexibility index (Phi) is 6.98. The van der Waals surface area contributed by atoms with Crippen LogP contribution in [0, 0.1) is 0 Å². The van der Waals surface area contributed by atoms with Crippen molar-refractivity contribution in [3.05, 3.63) is 87.9 Å². The molecule has 1 aliphatic rings. The number of hydrogen-bond acceptors (Lipinski definition) is 4. The molecule has 0 radical (unpaired) electrons. The Morgan fingerprint density at radius 1 is 1.00 bits per heavy atom. The Morgan fingerprint density at radius 2 is 1.62 bits per heavy atom. The number of amides is 2. The minimum absolute atomic E-state index is 0.0251. The highest BCUT2D eigenvalue weighted by Crippen LogP contribution is 2.44. The van der Waals surface area contributed by atoms with Crippen LogP contribution in [-0.4, -0.2) is 35.7 Å². The lowest BCUT2D eigenvalue weighted by Gasteiger charge is -2.17. The van der Waals surface area contributed by atoms with Gasteiger partial charge in [-0.15, -0.1) is 0 Å². The molecule has 0 aromatic heterocycles. The van der Waals surface area contributed by atoms with Crippen LogP contribution in [0.1, 0.15) is 40.7 Å². The molecule has 0 heterocycles. The van der Waals surface area contributed by atoms with Gasteiger partial charge in [-0.25, -0.2) is 9.59 Å². The van der Waals surface area contributed by atoms with Crippen LogP contribution < -0.4 is 10.6 Å². The molecule has 3 N–H and O–H groups in total. The Balaban J connectivity index is 1.30. The van der Waals surface area contributed by atoms with Crippen molar-refractivity contribution < 1.29 is 24.2 Å². The van der Waals surface area contributed by atoms with Gasteiger partial charge in [0.15, 0.2) is 0 Å². The number of ether oxygens (including phenoxy) is 1. The zero-order valence-corrected chi connectivity index (χ0v) is 20.0. The molecule has 1 atom stereocenters. The average molecular weight is 523 g/mol. The molecule has 0 saturated carbocycles. The Hall–Kier alpha value is -3.65. The molecule has 0 saturated heterocycles. The highest BCUT2D eigenvalue weighted by atomic mass is 79.9. The zero-order valence-electron chi connectivity index (χ0n) is 18.4. The van der Waals surface area contributed by atoms with Crippen LogP contribution in [0.4, 0.5) is 10.5 Å². The second-order valence-corrected chi connectivity index (χ2v) is 8.98. The van der Waals surface area contributed by atoms with Crippen molar-refractivity contribution in [3.63, 3.8) is 0 Å². The van der Waals surface area contributed by atoms with Crippen LogP contribution in [0.25, 0.3) is 11.1 Å². The molecule has 4 rings (SSSR count). The Labute approximate surface area is 205 Å². The number of carbonyl (C=O) groups is 3. The topological polar surface area (TPSA) is 105 Å². The Bertz CT molecular complexity index is 1210. The molecule has 2 amide bonds. The number of alkyl carbamates (subject to hydrolysis) is 1. The molecule has 8 heteroatoms. The lowest BCUT2D eigenvalue weighted by molar-refractivity contribution is -0.116. The molecule has 3 aromatic carbocycles. The van der Waals surface area contributed by atoms with E-state index in [9.17, 15) is 14.4 Å². The molecule has 174 valence electrons. The molecule has 0 unspecified atom stereocenters. The number of benzene rings is 3. The molecular formula is C26H23BrN2O5. The van der Waals surface area contributed by atoms with Crippen molar-refractivity contribution in [2.24, 2.45) is 0 Å². The largest absolute Gasteiger partial charge is 0.478 e. The molecule has 7 nitrogen and oxygen atoms in total. The number of carboxylic acid groups (broad SMARTS) is 1.